The third-order valence-electron chi connectivity index (χ3n) is 11.9. The maximum atomic E-state index is 14.1. The van der Waals surface area contributed by atoms with Gasteiger partial charge in [-0.05, 0) is 61.0 Å². The number of hydroxylamine groups is 2. The molecule has 2 aromatic carbocycles. The van der Waals surface area contributed by atoms with Crippen molar-refractivity contribution < 1.29 is 29.4 Å². The summed E-state index contributed by atoms with van der Waals surface area (Å²) in [7, 11) is 5.28. The summed E-state index contributed by atoms with van der Waals surface area (Å²) in [6.45, 7) is 13.0. The highest BCUT2D eigenvalue weighted by molar-refractivity contribution is 5.97. The highest BCUT2D eigenvalue weighted by atomic mass is 16.7. The van der Waals surface area contributed by atoms with Gasteiger partial charge in [-0.25, -0.2) is 0 Å². The van der Waals surface area contributed by atoms with Crippen LogP contribution in [0.5, 0.6) is 5.75 Å². The summed E-state index contributed by atoms with van der Waals surface area (Å²) in [5.41, 5.74) is 3.98. The fraction of sp³-hybridized carbons (Fsp3) is 0.524. The molecule has 0 aromatic heterocycles. The molecule has 4 aliphatic rings. The molecule has 1 heterocycles. The van der Waals surface area contributed by atoms with Crippen molar-refractivity contribution in [3.63, 3.8) is 0 Å². The van der Waals surface area contributed by atoms with Crippen molar-refractivity contribution in [3.05, 3.63) is 95.2 Å². The quantitative estimate of drug-likeness (QED) is 0.154. The van der Waals surface area contributed by atoms with E-state index in [0.717, 1.165) is 23.1 Å². The van der Waals surface area contributed by atoms with Crippen molar-refractivity contribution >= 4 is 17.9 Å². The van der Waals surface area contributed by atoms with Gasteiger partial charge >= 0.3 is 0 Å². The second kappa shape index (κ2) is 16.8. The molecule has 4 N–H and O–H groups in total. The molecule has 0 unspecified atom stereocenters. The minimum Gasteiger partial charge on any atom is -0.496 e. The molecule has 52 heavy (non-hydrogen) atoms. The molecule has 1 saturated heterocycles. The Bertz CT molecular complexity index is 1640. The van der Waals surface area contributed by atoms with Crippen LogP contribution in [0.2, 0.25) is 0 Å². The number of methoxy groups -OCH3 is 1. The van der Waals surface area contributed by atoms with E-state index in [1.165, 1.54) is 6.42 Å². The first-order valence-corrected chi connectivity index (χ1v) is 18.5. The van der Waals surface area contributed by atoms with Gasteiger partial charge in [0.25, 0.3) is 5.91 Å². The molecule has 4 fully saturated rings. The molecular weight excluding hydrogens is 656 g/mol. The molecule has 282 valence electrons. The largest absolute Gasteiger partial charge is 0.496 e. The number of hydrogen-bond acceptors (Lipinski definition) is 8. The molecule has 10 nitrogen and oxygen atoms in total. The Labute approximate surface area is 309 Å². The molecule has 6 rings (SSSR count). The van der Waals surface area contributed by atoms with Gasteiger partial charge in [-0.15, -0.1) is 0 Å². The fourth-order valence-electron chi connectivity index (χ4n) is 8.61. The lowest BCUT2D eigenvalue weighted by Crippen LogP contribution is -2.62. The minimum absolute atomic E-state index is 0.0458. The first-order chi connectivity index (χ1) is 24.8. The summed E-state index contributed by atoms with van der Waals surface area (Å²) in [5.74, 6) is 1.01. The Hall–Kier alpha value is -3.96. The second-order valence-electron chi connectivity index (χ2n) is 15.5. The van der Waals surface area contributed by atoms with Crippen LogP contribution in [0.1, 0.15) is 57.2 Å². The summed E-state index contributed by atoms with van der Waals surface area (Å²) < 4.78 is 5.91. The van der Waals surface area contributed by atoms with Gasteiger partial charge < -0.3 is 30.5 Å². The molecule has 8 atom stereocenters. The van der Waals surface area contributed by atoms with Crippen molar-refractivity contribution in [3.8, 4) is 5.75 Å². The van der Waals surface area contributed by atoms with E-state index >= 15 is 0 Å². The Morgan fingerprint density at radius 2 is 1.88 bits per heavy atom. The van der Waals surface area contributed by atoms with Crippen LogP contribution < -0.4 is 15.4 Å². The maximum Gasteiger partial charge on any atom is 0.253 e. The molecule has 0 radical (unpaired) electrons. The predicted octanol–water partition coefficient (Wildman–Crippen LogP) is 4.73. The van der Waals surface area contributed by atoms with Gasteiger partial charge in [0.1, 0.15) is 17.9 Å². The lowest BCUT2D eigenvalue weighted by atomic mass is 9.45. The molecule has 3 aliphatic carbocycles. The number of ether oxygens (including phenoxy) is 1. The molecule has 2 aromatic rings. The standard InChI is InChI=1S/C42H58N4O6/c1-26-34-22-32(42(34,4)5)23-35(26)44-41(50)38-37(28(3)48)36(25-47)52-46(38)24-31-18-12-16-30(39(31)51-8)17-13-19-33(27(2)45(6)7)40(49)43-21-20-29-14-10-9-11-15-29/h9-19,26,28,32,34-38,47-48H,2,20-25H2,1,3-8H3,(H,43,49)(H,44,50)/t26-,28-,32+,34-,35-,36-,37-,38-/m0/s1. The van der Waals surface area contributed by atoms with Crippen molar-refractivity contribution in [1.82, 2.24) is 20.6 Å². The number of fused-ring (bicyclic) bond motifs is 2. The van der Waals surface area contributed by atoms with E-state index in [1.54, 1.807) is 36.1 Å². The summed E-state index contributed by atoms with van der Waals surface area (Å²) in [4.78, 5) is 35.4. The normalized spacial score (nSPS) is 27.5. The number of aliphatic hydroxyl groups excluding tert-OH is 2. The predicted molar refractivity (Wildman–Crippen MR) is 204 cm³/mol. The third-order valence-corrected chi connectivity index (χ3v) is 11.9. The molecule has 0 spiro atoms. The SMILES string of the molecule is C=C(C(=CC=Cc1cccc(CN2O[C@@H](CO)[C@H]([C@H](C)O)[C@H]2C(=O)N[C@H]2C[C@H]3C[C@@H]([C@@H]2C)C3(C)C)c1OC)C(=O)NCCc1ccccc1)N(C)C. The molecule has 2 amide bonds. The van der Waals surface area contributed by atoms with Crippen LogP contribution in [0.3, 0.4) is 0 Å². The Kier molecular flexibility index (Phi) is 12.7. The summed E-state index contributed by atoms with van der Waals surface area (Å²) in [5, 5.41) is 29.1. The van der Waals surface area contributed by atoms with Crippen LogP contribution in [0.25, 0.3) is 6.08 Å². The van der Waals surface area contributed by atoms with Gasteiger partial charge in [-0.1, -0.05) is 88.0 Å². The van der Waals surface area contributed by atoms with E-state index in [2.05, 4.69) is 38.0 Å². The molecule has 2 bridgehead atoms. The van der Waals surface area contributed by atoms with E-state index in [4.69, 9.17) is 9.57 Å². The zero-order valence-electron chi connectivity index (χ0n) is 31.8. The highest BCUT2D eigenvalue weighted by Gasteiger charge is 2.57. The minimum atomic E-state index is -0.890. The molecule has 3 saturated carbocycles. The number of amides is 2. The first-order valence-electron chi connectivity index (χ1n) is 18.5. The number of carbonyl (C=O) groups is 2. The number of hydrogen-bond donors (Lipinski definition) is 4. The fourth-order valence-corrected chi connectivity index (χ4v) is 8.61. The number of nitrogens with one attached hydrogen (secondary N) is 2. The van der Waals surface area contributed by atoms with Gasteiger partial charge in [0, 0.05) is 49.4 Å². The van der Waals surface area contributed by atoms with E-state index in [1.807, 2.05) is 68.7 Å². The van der Waals surface area contributed by atoms with E-state index in [0.29, 0.717) is 47.7 Å². The average Bonchev–Trinajstić information content (AvgIpc) is 3.49. The van der Waals surface area contributed by atoms with Crippen LogP contribution in [-0.4, -0.2) is 90.6 Å². The first kappa shape index (κ1) is 39.3. The van der Waals surface area contributed by atoms with Crippen molar-refractivity contribution in [2.75, 3.05) is 34.4 Å². The van der Waals surface area contributed by atoms with Crippen molar-refractivity contribution in [2.24, 2.45) is 29.1 Å². The third kappa shape index (κ3) is 8.31. The van der Waals surface area contributed by atoms with E-state index in [9.17, 15) is 19.8 Å². The Morgan fingerprint density at radius 1 is 1.15 bits per heavy atom. The highest BCUT2D eigenvalue weighted by Crippen LogP contribution is 2.61. The Morgan fingerprint density at radius 3 is 2.50 bits per heavy atom. The molecule has 1 aliphatic heterocycles. The zero-order chi connectivity index (χ0) is 37.7. The lowest BCUT2D eigenvalue weighted by molar-refractivity contribution is -0.183. The number of para-hydroxylation sites is 1. The maximum absolute atomic E-state index is 14.1. The monoisotopic (exact) mass is 714 g/mol. The van der Waals surface area contributed by atoms with Gasteiger partial charge in [0.05, 0.1) is 31.9 Å². The smallest absolute Gasteiger partial charge is 0.253 e. The number of nitrogens with zero attached hydrogens (tertiary/aromatic N) is 2. The van der Waals surface area contributed by atoms with Crippen molar-refractivity contribution in [2.45, 2.75) is 77.8 Å². The van der Waals surface area contributed by atoms with Crippen LogP contribution in [0.4, 0.5) is 0 Å². The second-order valence-corrected chi connectivity index (χ2v) is 15.5. The topological polar surface area (TPSA) is 124 Å². The van der Waals surface area contributed by atoms with Crippen LogP contribution >= 0.6 is 0 Å². The molecule has 10 heteroatoms. The zero-order valence-corrected chi connectivity index (χ0v) is 31.8. The van der Waals surface area contributed by atoms with Gasteiger partial charge in [-0.3, -0.25) is 14.4 Å². The number of carbonyl (C=O) groups excluding carboxylic acids is 2. The summed E-state index contributed by atoms with van der Waals surface area (Å²) in [6.07, 6.45) is 6.63. The van der Waals surface area contributed by atoms with Gasteiger partial charge in [0.15, 0.2) is 0 Å². The van der Waals surface area contributed by atoms with Crippen LogP contribution in [-0.2, 0) is 27.4 Å². The van der Waals surface area contributed by atoms with Gasteiger partial charge in [-0.2, -0.15) is 5.06 Å². The number of allylic oxidation sites excluding steroid dienone is 2. The summed E-state index contributed by atoms with van der Waals surface area (Å²) in [6, 6.07) is 15.0. The number of aliphatic hydroxyl groups is 2. The van der Waals surface area contributed by atoms with Crippen LogP contribution in [0.15, 0.2) is 78.5 Å². The lowest BCUT2D eigenvalue weighted by Gasteiger charge is -2.62. The average molecular weight is 715 g/mol. The number of likely N-dealkylation sites (N-methyl/N-ethyl adjacent to an activating group) is 1. The number of benzene rings is 2. The van der Waals surface area contributed by atoms with Crippen molar-refractivity contribution in [1.29, 1.82) is 0 Å². The number of rotatable bonds is 15. The van der Waals surface area contributed by atoms with E-state index < -0.39 is 24.2 Å². The van der Waals surface area contributed by atoms with E-state index in [-0.39, 0.29) is 36.4 Å². The van der Waals surface area contributed by atoms with Gasteiger partial charge in [0.2, 0.25) is 5.91 Å². The Balaban J connectivity index is 1.34. The molecular formula is C42H58N4O6. The van der Waals surface area contributed by atoms with Crippen LogP contribution in [0, 0.1) is 29.1 Å². The summed E-state index contributed by atoms with van der Waals surface area (Å²) >= 11 is 0.